The number of hydrogen-bond donors (Lipinski definition) is 3. The van der Waals surface area contributed by atoms with Crippen molar-refractivity contribution < 1.29 is 38.5 Å². The first-order chi connectivity index (χ1) is 36.5. The lowest BCUT2D eigenvalue weighted by molar-refractivity contribution is -0.144. The number of Topliss-reactive ketones (excluding diaryl/α,β-unsaturated/α-hetero) is 1. The highest BCUT2D eigenvalue weighted by atomic mass is 32.1. The SMILES string of the molecule is CCc1ccc(C2=N[C@@H](CC(=O)Nc3ccc(OCCCOCCCOCC(=O)N[C@H](C(=O)N4C[C@H](O)C[C@H]4C(=O)CCc4ccc(-c5scnc5C)cc4)C(C)(C)C)cc3)c3nnc(C)n3-c3sc(C)c(C)c32)cc1. The number of rotatable bonds is 23. The Balaban J connectivity index is 0.726. The molecule has 0 radical (unpaired) electrons. The van der Waals surface area contributed by atoms with E-state index in [4.69, 9.17) is 19.2 Å². The predicted octanol–water partition coefficient (Wildman–Crippen LogP) is 9.06. The fourth-order valence-electron chi connectivity index (χ4n) is 9.54. The monoisotopic (exact) mass is 1070 g/mol. The molecule has 0 aliphatic carbocycles. The minimum absolute atomic E-state index is 0.0246. The molecule has 3 N–H and O–H groups in total. The van der Waals surface area contributed by atoms with Gasteiger partial charge in [0, 0.05) is 67.3 Å². The molecule has 0 unspecified atom stereocenters. The highest BCUT2D eigenvalue weighted by Crippen LogP contribution is 2.40. The van der Waals surface area contributed by atoms with Crippen LogP contribution < -0.4 is 15.4 Å². The Morgan fingerprint density at radius 2 is 1.53 bits per heavy atom. The predicted molar refractivity (Wildman–Crippen MR) is 297 cm³/mol. The molecule has 6 aromatic rings. The van der Waals surface area contributed by atoms with E-state index >= 15 is 0 Å². The quantitative estimate of drug-likeness (QED) is 0.0518. The first-order valence-corrected chi connectivity index (χ1v) is 27.9. The highest BCUT2D eigenvalue weighted by molar-refractivity contribution is 7.15. The Hall–Kier alpha value is -6.44. The average molecular weight is 1070 g/mol. The zero-order valence-electron chi connectivity index (χ0n) is 44.8. The number of aliphatic imine (C=N–C) groups is 1. The van der Waals surface area contributed by atoms with Crippen LogP contribution in [-0.4, -0.2) is 117 Å². The van der Waals surface area contributed by atoms with Crippen LogP contribution in [-0.2, 0) is 41.5 Å². The number of nitrogens with one attached hydrogen (secondary N) is 2. The zero-order chi connectivity index (χ0) is 54.1. The summed E-state index contributed by atoms with van der Waals surface area (Å²) in [5.41, 5.74) is 10.1. The molecule has 402 valence electrons. The summed E-state index contributed by atoms with van der Waals surface area (Å²) in [6, 6.07) is 21.6. The summed E-state index contributed by atoms with van der Waals surface area (Å²) >= 11 is 3.28. The first-order valence-electron chi connectivity index (χ1n) is 26.2. The summed E-state index contributed by atoms with van der Waals surface area (Å²) < 4.78 is 19.4. The zero-order valence-corrected chi connectivity index (χ0v) is 46.4. The molecule has 18 heteroatoms. The molecule has 3 aromatic heterocycles. The second-order valence-corrected chi connectivity index (χ2v) is 22.7. The second-order valence-electron chi connectivity index (χ2n) is 20.6. The minimum Gasteiger partial charge on any atom is -0.494 e. The van der Waals surface area contributed by atoms with Gasteiger partial charge in [-0.3, -0.25) is 28.7 Å². The largest absolute Gasteiger partial charge is 0.494 e. The van der Waals surface area contributed by atoms with Crippen LogP contribution in [0.25, 0.3) is 15.4 Å². The van der Waals surface area contributed by atoms with Gasteiger partial charge in [0.1, 0.15) is 35.3 Å². The molecule has 0 saturated carbocycles. The summed E-state index contributed by atoms with van der Waals surface area (Å²) in [5.74, 6) is 0.881. The molecular formula is C58H70N8O8S2. The molecule has 0 spiro atoms. The number of amides is 3. The van der Waals surface area contributed by atoms with Crippen molar-refractivity contribution in [1.82, 2.24) is 30.0 Å². The van der Waals surface area contributed by atoms with E-state index in [-0.39, 0.29) is 50.7 Å². The molecule has 3 aromatic carbocycles. The van der Waals surface area contributed by atoms with Crippen molar-refractivity contribution in [3.8, 4) is 21.2 Å². The van der Waals surface area contributed by atoms with E-state index in [2.05, 4.69) is 75.4 Å². The van der Waals surface area contributed by atoms with E-state index in [1.54, 1.807) is 22.7 Å². The number of aliphatic hydroxyl groups is 1. The maximum absolute atomic E-state index is 14.0. The molecule has 3 amide bonds. The molecule has 5 heterocycles. The maximum atomic E-state index is 14.0. The normalized spacial score (nSPS) is 16.6. The molecule has 1 saturated heterocycles. The number of carbonyl (C=O) groups excluding carboxylic acids is 4. The van der Waals surface area contributed by atoms with Gasteiger partial charge in [0.2, 0.25) is 17.7 Å². The fraction of sp³-hybridized carbons (Fsp3) is 0.448. The molecule has 16 nitrogen and oxygen atoms in total. The number of benzene rings is 3. The van der Waals surface area contributed by atoms with Crippen molar-refractivity contribution in [3.05, 3.63) is 128 Å². The molecule has 1 fully saturated rings. The van der Waals surface area contributed by atoms with E-state index < -0.39 is 41.5 Å². The van der Waals surface area contributed by atoms with Crippen molar-refractivity contribution in [2.45, 2.75) is 125 Å². The Morgan fingerprint density at radius 1 is 0.842 bits per heavy atom. The lowest BCUT2D eigenvalue weighted by Gasteiger charge is -2.35. The van der Waals surface area contributed by atoms with Crippen molar-refractivity contribution >= 4 is 57.6 Å². The van der Waals surface area contributed by atoms with E-state index in [0.717, 1.165) is 61.3 Å². The molecule has 2 aliphatic heterocycles. The number of ether oxygens (including phenoxy) is 3. The molecule has 0 bridgehead atoms. The molecular weight excluding hydrogens is 1000 g/mol. The van der Waals surface area contributed by atoms with Gasteiger partial charge in [-0.25, -0.2) is 4.98 Å². The number of β-amino-alcohol motifs (C(OH)–C–C–N with tert-alkyl or cyclic N) is 1. The van der Waals surface area contributed by atoms with Gasteiger partial charge in [0.05, 0.1) is 47.0 Å². The van der Waals surface area contributed by atoms with Crippen LogP contribution in [0.3, 0.4) is 0 Å². The lowest BCUT2D eigenvalue weighted by atomic mass is 9.85. The number of ketones is 1. The smallest absolute Gasteiger partial charge is 0.246 e. The van der Waals surface area contributed by atoms with Gasteiger partial charge in [-0.15, -0.1) is 32.9 Å². The Morgan fingerprint density at radius 3 is 2.21 bits per heavy atom. The number of aryl methyl sites for hydroxylation is 5. The Kier molecular flexibility index (Phi) is 18.5. The number of carbonyl (C=O) groups is 4. The number of likely N-dealkylation sites (tertiary alicyclic amines) is 1. The van der Waals surface area contributed by atoms with Gasteiger partial charge in [0.25, 0.3) is 0 Å². The number of aliphatic hydroxyl groups excluding tert-OH is 1. The van der Waals surface area contributed by atoms with Crippen LogP contribution in [0.5, 0.6) is 5.75 Å². The van der Waals surface area contributed by atoms with Crippen molar-refractivity contribution in [2.75, 3.05) is 44.9 Å². The van der Waals surface area contributed by atoms with E-state index in [1.807, 2.05) is 88.7 Å². The third kappa shape index (κ3) is 13.6. The van der Waals surface area contributed by atoms with E-state index in [0.29, 0.717) is 56.3 Å². The molecule has 8 rings (SSSR count). The third-order valence-electron chi connectivity index (χ3n) is 13.9. The number of thiazole rings is 1. The van der Waals surface area contributed by atoms with Crippen molar-refractivity contribution in [1.29, 1.82) is 0 Å². The topological polar surface area (TPSA) is 199 Å². The average Bonchev–Trinajstić information content (AvgIpc) is 4.19. The third-order valence-corrected chi connectivity index (χ3v) is 16.0. The molecule has 76 heavy (non-hydrogen) atoms. The summed E-state index contributed by atoms with van der Waals surface area (Å²) in [6.45, 7) is 17.2. The number of anilines is 1. The highest BCUT2D eigenvalue weighted by Gasteiger charge is 2.44. The summed E-state index contributed by atoms with van der Waals surface area (Å²) in [4.78, 5) is 67.7. The van der Waals surface area contributed by atoms with Gasteiger partial charge < -0.3 is 34.9 Å². The number of aromatic nitrogens is 4. The summed E-state index contributed by atoms with van der Waals surface area (Å²) in [7, 11) is 0. The van der Waals surface area contributed by atoms with Crippen molar-refractivity contribution in [2.24, 2.45) is 10.4 Å². The minimum atomic E-state index is -0.933. The number of thiophene rings is 1. The van der Waals surface area contributed by atoms with E-state index in [9.17, 15) is 24.3 Å². The second kappa shape index (κ2) is 25.1. The Labute approximate surface area is 453 Å². The lowest BCUT2D eigenvalue weighted by Crippen LogP contribution is -2.57. The van der Waals surface area contributed by atoms with Gasteiger partial charge in [0.15, 0.2) is 11.6 Å². The molecule has 2 aliphatic rings. The van der Waals surface area contributed by atoms with Crippen LogP contribution >= 0.6 is 22.7 Å². The van der Waals surface area contributed by atoms with Crippen LogP contribution in [0.2, 0.25) is 0 Å². The van der Waals surface area contributed by atoms with Crippen molar-refractivity contribution in [3.63, 3.8) is 0 Å². The van der Waals surface area contributed by atoms with Crippen LogP contribution in [0.4, 0.5) is 5.69 Å². The fourth-order valence-corrected chi connectivity index (χ4v) is 11.6. The van der Waals surface area contributed by atoms with Gasteiger partial charge >= 0.3 is 0 Å². The number of fused-ring (bicyclic) bond motifs is 3. The van der Waals surface area contributed by atoms with Crippen LogP contribution in [0.15, 0.2) is 83.3 Å². The van der Waals surface area contributed by atoms with Gasteiger partial charge in [-0.2, -0.15) is 0 Å². The van der Waals surface area contributed by atoms with Crippen LogP contribution in [0, 0.1) is 33.1 Å². The first kappa shape index (κ1) is 55.8. The number of hydrogen-bond acceptors (Lipinski definition) is 14. The Bertz CT molecular complexity index is 3010. The molecule has 4 atom stereocenters. The number of nitrogens with zero attached hydrogens (tertiary/aromatic N) is 6. The van der Waals surface area contributed by atoms with Gasteiger partial charge in [-0.1, -0.05) is 76.2 Å². The van der Waals surface area contributed by atoms with Gasteiger partial charge in [-0.05, 0) is 98.9 Å². The maximum Gasteiger partial charge on any atom is 0.246 e. The van der Waals surface area contributed by atoms with E-state index in [1.165, 1.54) is 15.3 Å². The summed E-state index contributed by atoms with van der Waals surface area (Å²) in [6.07, 6.45) is 2.27. The standard InChI is InChI=1S/C58H70N8O8S2/c1-9-39-12-17-41(18-13-39)52-51-35(2)37(4)76-57(51)66-38(5)63-64-55(66)46(61-52)31-49(69)60-43-21-23-45(24-22-43)74-29-11-27-72-26-10-28-73-33-50(70)62-54(58(6,7)8)56(71)65-32-44(67)30-47(65)48(68)25-16-40-14-19-42(20-15-40)53-36(3)59-34-75-53/h12-15,17-24,34,44,46-47,54,67H,9-11,16,25-33H2,1-8H3,(H,60,69)(H,62,70)/t44-,46+,47+,54-/m1/s1. The van der Waals surface area contributed by atoms with Crippen LogP contribution in [0.1, 0.15) is 116 Å². The summed E-state index contributed by atoms with van der Waals surface area (Å²) in [5, 5.41) is 26.5.